The van der Waals surface area contributed by atoms with Crippen molar-refractivity contribution in [2.24, 2.45) is 11.8 Å². The molecular weight excluding hydrogens is 298 g/mol. The first-order valence-corrected chi connectivity index (χ1v) is 9.91. The summed E-state index contributed by atoms with van der Waals surface area (Å²) in [5.74, 6) is 1.55. The van der Waals surface area contributed by atoms with Gasteiger partial charge in [0.15, 0.2) is 0 Å². The van der Waals surface area contributed by atoms with Crippen LogP contribution in [0.3, 0.4) is 0 Å². The molecule has 0 amide bonds. The Morgan fingerprint density at radius 2 is 1.88 bits per heavy atom. The number of ketones is 1. The van der Waals surface area contributed by atoms with Crippen LogP contribution in [-0.2, 0) is 11.2 Å². The minimum Gasteiger partial charge on any atom is -0.303 e. The lowest BCUT2D eigenvalue weighted by Crippen LogP contribution is -2.39. The number of likely N-dealkylation sites (tertiary alicyclic amines) is 1. The molecule has 3 rings (SSSR count). The molecule has 1 aromatic heterocycles. The van der Waals surface area contributed by atoms with Gasteiger partial charge < -0.3 is 4.90 Å². The Hall–Kier alpha value is -1.16. The molecule has 134 valence electrons. The van der Waals surface area contributed by atoms with Crippen LogP contribution < -0.4 is 0 Å². The molecular formula is C20H33N3O. The van der Waals surface area contributed by atoms with Crippen LogP contribution in [0.15, 0.2) is 12.4 Å². The van der Waals surface area contributed by atoms with E-state index >= 15 is 0 Å². The highest BCUT2D eigenvalue weighted by Gasteiger charge is 2.27. The minimum atomic E-state index is 0.351. The molecule has 0 radical (unpaired) electrons. The van der Waals surface area contributed by atoms with E-state index in [1.165, 1.54) is 57.3 Å². The Morgan fingerprint density at radius 1 is 1.17 bits per heavy atom. The van der Waals surface area contributed by atoms with Crippen molar-refractivity contribution in [2.75, 3.05) is 19.6 Å². The van der Waals surface area contributed by atoms with Gasteiger partial charge in [0, 0.05) is 31.7 Å². The van der Waals surface area contributed by atoms with Gasteiger partial charge in [-0.05, 0) is 63.4 Å². The number of hydrogen-bond acceptors (Lipinski definition) is 3. The van der Waals surface area contributed by atoms with Crippen LogP contribution in [0.5, 0.6) is 0 Å². The van der Waals surface area contributed by atoms with E-state index in [0.717, 1.165) is 25.2 Å². The molecule has 2 heterocycles. The molecule has 24 heavy (non-hydrogen) atoms. The van der Waals surface area contributed by atoms with E-state index in [1.807, 2.05) is 6.20 Å². The van der Waals surface area contributed by atoms with Crippen molar-refractivity contribution < 1.29 is 4.79 Å². The third-order valence-electron chi connectivity index (χ3n) is 6.06. The van der Waals surface area contributed by atoms with Gasteiger partial charge in [-0.3, -0.25) is 9.48 Å². The molecule has 1 saturated heterocycles. The first kappa shape index (κ1) is 17.7. The standard InChI is InChI=1S/C20H33N3O/c1-3-4-18-13-21-23(15-18)20-9-11-22(12-10-20)14-17-5-7-19(8-6-17)16(2)24/h13,15,17,19-20H,3-12,14H2,1-2H3. The summed E-state index contributed by atoms with van der Waals surface area (Å²) in [7, 11) is 0. The fraction of sp³-hybridized carbons (Fsp3) is 0.800. The maximum Gasteiger partial charge on any atom is 0.132 e. The van der Waals surface area contributed by atoms with E-state index < -0.39 is 0 Å². The van der Waals surface area contributed by atoms with Gasteiger partial charge in [-0.2, -0.15) is 5.10 Å². The number of nitrogens with zero attached hydrogens (tertiary/aromatic N) is 3. The molecule has 2 aliphatic rings. The minimum absolute atomic E-state index is 0.351. The second-order valence-electron chi connectivity index (χ2n) is 7.94. The highest BCUT2D eigenvalue weighted by atomic mass is 16.1. The van der Waals surface area contributed by atoms with Crippen LogP contribution >= 0.6 is 0 Å². The predicted octanol–water partition coefficient (Wildman–Crippen LogP) is 3.87. The lowest BCUT2D eigenvalue weighted by atomic mass is 9.80. The smallest absolute Gasteiger partial charge is 0.132 e. The number of Topliss-reactive ketones (excluding diaryl/α,β-unsaturated/α-hetero) is 1. The summed E-state index contributed by atoms with van der Waals surface area (Å²) in [4.78, 5) is 14.1. The van der Waals surface area contributed by atoms with Gasteiger partial charge in [0.2, 0.25) is 0 Å². The molecule has 0 unspecified atom stereocenters. The maximum absolute atomic E-state index is 11.5. The number of carbonyl (C=O) groups excluding carboxylic acids is 1. The predicted molar refractivity (Wildman–Crippen MR) is 97.1 cm³/mol. The Labute approximate surface area is 146 Å². The number of hydrogen-bond donors (Lipinski definition) is 0. The van der Waals surface area contributed by atoms with Gasteiger partial charge >= 0.3 is 0 Å². The van der Waals surface area contributed by atoms with E-state index in [-0.39, 0.29) is 0 Å². The highest BCUT2D eigenvalue weighted by molar-refractivity contribution is 5.78. The molecule has 0 atom stereocenters. The number of carbonyl (C=O) groups is 1. The Kier molecular flexibility index (Phi) is 6.09. The fourth-order valence-corrected chi connectivity index (χ4v) is 4.48. The van der Waals surface area contributed by atoms with Crippen LogP contribution in [0, 0.1) is 11.8 Å². The number of aryl methyl sites for hydroxylation is 1. The summed E-state index contributed by atoms with van der Waals surface area (Å²) >= 11 is 0. The molecule has 1 aliphatic carbocycles. The molecule has 0 N–H and O–H groups in total. The Morgan fingerprint density at radius 3 is 2.50 bits per heavy atom. The summed E-state index contributed by atoms with van der Waals surface area (Å²) < 4.78 is 2.21. The van der Waals surface area contributed by atoms with Crippen LogP contribution in [0.25, 0.3) is 0 Å². The topological polar surface area (TPSA) is 38.1 Å². The zero-order valence-electron chi connectivity index (χ0n) is 15.4. The quantitative estimate of drug-likeness (QED) is 0.794. The first-order chi connectivity index (χ1) is 11.7. The molecule has 1 saturated carbocycles. The number of piperidine rings is 1. The van der Waals surface area contributed by atoms with Crippen molar-refractivity contribution in [2.45, 2.75) is 71.3 Å². The summed E-state index contributed by atoms with van der Waals surface area (Å²) in [5.41, 5.74) is 1.38. The largest absolute Gasteiger partial charge is 0.303 e. The molecule has 0 spiro atoms. The van der Waals surface area contributed by atoms with Gasteiger partial charge in [0.25, 0.3) is 0 Å². The van der Waals surface area contributed by atoms with E-state index in [0.29, 0.717) is 17.7 Å². The molecule has 2 fully saturated rings. The monoisotopic (exact) mass is 331 g/mol. The van der Waals surface area contributed by atoms with Gasteiger partial charge in [-0.25, -0.2) is 0 Å². The summed E-state index contributed by atoms with van der Waals surface area (Å²) in [6.07, 6.45) is 13.8. The van der Waals surface area contributed by atoms with Crippen LogP contribution in [-0.4, -0.2) is 40.1 Å². The zero-order valence-corrected chi connectivity index (χ0v) is 15.4. The van der Waals surface area contributed by atoms with E-state index in [1.54, 1.807) is 6.92 Å². The normalized spacial score (nSPS) is 26.6. The number of rotatable bonds is 6. The SMILES string of the molecule is CCCc1cnn(C2CCN(CC3CCC(C(C)=O)CC3)CC2)c1. The summed E-state index contributed by atoms with van der Waals surface area (Å²) in [5, 5.41) is 4.59. The van der Waals surface area contributed by atoms with Crippen molar-refractivity contribution in [3.8, 4) is 0 Å². The lowest BCUT2D eigenvalue weighted by molar-refractivity contribution is -0.121. The summed E-state index contributed by atoms with van der Waals surface area (Å²) in [6, 6.07) is 0.584. The lowest BCUT2D eigenvalue weighted by Gasteiger charge is -2.36. The van der Waals surface area contributed by atoms with Crippen molar-refractivity contribution in [1.29, 1.82) is 0 Å². The molecule has 0 bridgehead atoms. The first-order valence-electron chi connectivity index (χ1n) is 9.91. The van der Waals surface area contributed by atoms with E-state index in [4.69, 9.17) is 0 Å². The number of aromatic nitrogens is 2. The van der Waals surface area contributed by atoms with Crippen molar-refractivity contribution in [3.05, 3.63) is 18.0 Å². The van der Waals surface area contributed by atoms with Gasteiger partial charge in [-0.15, -0.1) is 0 Å². The van der Waals surface area contributed by atoms with Crippen molar-refractivity contribution in [3.63, 3.8) is 0 Å². The third-order valence-corrected chi connectivity index (χ3v) is 6.06. The van der Waals surface area contributed by atoms with Crippen LogP contribution in [0.2, 0.25) is 0 Å². The molecule has 4 nitrogen and oxygen atoms in total. The van der Waals surface area contributed by atoms with Crippen molar-refractivity contribution >= 4 is 5.78 Å². The molecule has 4 heteroatoms. The molecule has 1 aromatic rings. The third kappa shape index (κ3) is 4.47. The Balaban J connectivity index is 1.41. The van der Waals surface area contributed by atoms with Crippen LogP contribution in [0.1, 0.15) is 70.4 Å². The zero-order chi connectivity index (χ0) is 16.9. The maximum atomic E-state index is 11.5. The highest BCUT2D eigenvalue weighted by Crippen LogP contribution is 2.31. The second-order valence-corrected chi connectivity index (χ2v) is 7.94. The van der Waals surface area contributed by atoms with Crippen molar-refractivity contribution in [1.82, 2.24) is 14.7 Å². The summed E-state index contributed by atoms with van der Waals surface area (Å²) in [6.45, 7) is 7.61. The van der Waals surface area contributed by atoms with E-state index in [9.17, 15) is 4.79 Å². The molecule has 1 aliphatic heterocycles. The fourth-order valence-electron chi connectivity index (χ4n) is 4.48. The second kappa shape index (κ2) is 8.28. The van der Waals surface area contributed by atoms with Gasteiger partial charge in [0.1, 0.15) is 5.78 Å². The average molecular weight is 332 g/mol. The Bertz CT molecular complexity index is 523. The molecule has 0 aromatic carbocycles. The van der Waals surface area contributed by atoms with Crippen LogP contribution in [0.4, 0.5) is 0 Å². The average Bonchev–Trinajstić information content (AvgIpc) is 3.05. The van der Waals surface area contributed by atoms with E-state index in [2.05, 4.69) is 27.8 Å². The van der Waals surface area contributed by atoms with Gasteiger partial charge in [0.05, 0.1) is 12.2 Å². The van der Waals surface area contributed by atoms with Gasteiger partial charge in [-0.1, -0.05) is 13.3 Å².